The van der Waals surface area contributed by atoms with Gasteiger partial charge >= 0.3 is 6.48 Å². The molecule has 17 heavy (non-hydrogen) atoms. The van der Waals surface area contributed by atoms with E-state index < -0.39 is 6.48 Å². The molecular formula is C14H22BNO. The average Bonchev–Trinajstić information content (AvgIpc) is 2.38. The van der Waals surface area contributed by atoms with E-state index in [0.29, 0.717) is 0 Å². The van der Waals surface area contributed by atoms with Crippen LogP contribution in [0.2, 0.25) is 12.6 Å². The van der Waals surface area contributed by atoms with Gasteiger partial charge in [0.2, 0.25) is 0 Å². The third kappa shape index (κ3) is 2.16. The maximum atomic E-state index is 6.38. The summed E-state index contributed by atoms with van der Waals surface area (Å²) in [6, 6.07) is 6.45. The number of hydrogen-bond acceptors (Lipinski definition) is 1. The Kier molecular flexibility index (Phi) is 3.68. The van der Waals surface area contributed by atoms with E-state index in [1.807, 2.05) is 0 Å². The zero-order valence-electron chi connectivity index (χ0n) is 11.1. The number of rotatable bonds is 3. The summed E-state index contributed by atoms with van der Waals surface area (Å²) < 4.78 is 8.75. The Bertz CT molecular complexity index is 412. The van der Waals surface area contributed by atoms with Gasteiger partial charge < -0.3 is 9.13 Å². The standard InChI is InChI=1S/C14H22BNO/c1-4-9-14-12-13-10-7-8-11-16(13)15(5-2,6-3)17-14/h4,7-11,14H,5-6,12H2,1-3H3/b9-4+/t14-/m0/s1. The van der Waals surface area contributed by atoms with Crippen molar-refractivity contribution >= 4 is 6.48 Å². The van der Waals surface area contributed by atoms with Crippen LogP contribution in [-0.2, 0) is 11.1 Å². The molecule has 0 spiro atoms. The molecule has 0 radical (unpaired) electrons. The topological polar surface area (TPSA) is 13.1 Å². The molecule has 0 unspecified atom stereocenters. The molecule has 0 N–H and O–H groups in total. The minimum atomic E-state index is -0.896. The molecule has 1 aromatic heterocycles. The predicted octanol–water partition coefficient (Wildman–Crippen LogP) is 2.82. The van der Waals surface area contributed by atoms with Crippen molar-refractivity contribution in [1.82, 2.24) is 0 Å². The maximum absolute atomic E-state index is 6.38. The minimum absolute atomic E-state index is 0.238. The van der Waals surface area contributed by atoms with Crippen molar-refractivity contribution in [3.63, 3.8) is 0 Å². The van der Waals surface area contributed by atoms with Crippen LogP contribution in [0.4, 0.5) is 0 Å². The van der Waals surface area contributed by atoms with Crippen molar-refractivity contribution in [2.24, 2.45) is 0 Å². The molecule has 92 valence electrons. The monoisotopic (exact) mass is 231 g/mol. The third-order valence-corrected chi connectivity index (χ3v) is 4.01. The van der Waals surface area contributed by atoms with Gasteiger partial charge in [0.05, 0.1) is 6.42 Å². The van der Waals surface area contributed by atoms with Crippen LogP contribution in [0, 0.1) is 0 Å². The molecule has 0 fully saturated rings. The van der Waals surface area contributed by atoms with Crippen LogP contribution in [0.15, 0.2) is 36.5 Å². The third-order valence-electron chi connectivity index (χ3n) is 4.01. The number of hydrogen-bond donors (Lipinski definition) is 0. The molecule has 0 bridgehead atoms. The van der Waals surface area contributed by atoms with Gasteiger partial charge in [0.15, 0.2) is 0 Å². The van der Waals surface area contributed by atoms with E-state index in [0.717, 1.165) is 19.1 Å². The average molecular weight is 231 g/mol. The largest absolute Gasteiger partial charge is 0.526 e. The van der Waals surface area contributed by atoms with Crippen molar-refractivity contribution in [2.75, 3.05) is 0 Å². The second-order valence-corrected chi connectivity index (χ2v) is 4.91. The Morgan fingerprint density at radius 1 is 1.41 bits per heavy atom. The lowest BCUT2D eigenvalue weighted by atomic mass is 9.45. The second kappa shape index (κ2) is 5.05. The molecule has 0 amide bonds. The van der Waals surface area contributed by atoms with Gasteiger partial charge in [-0.05, 0) is 13.0 Å². The predicted molar refractivity (Wildman–Crippen MR) is 72.1 cm³/mol. The first-order valence-corrected chi connectivity index (χ1v) is 6.74. The van der Waals surface area contributed by atoms with Gasteiger partial charge in [-0.25, -0.2) is 0 Å². The molecule has 1 aliphatic heterocycles. The molecule has 1 atom stereocenters. The molecule has 2 rings (SSSR count). The zero-order chi connectivity index (χ0) is 12.3. The van der Waals surface area contributed by atoms with Crippen molar-refractivity contribution in [2.45, 2.75) is 45.9 Å². The number of nitrogens with zero attached hydrogens (tertiary/aromatic N) is 1. The Morgan fingerprint density at radius 2 is 2.18 bits per heavy atom. The van der Waals surface area contributed by atoms with Gasteiger partial charge in [-0.3, -0.25) is 0 Å². The molecule has 2 nitrogen and oxygen atoms in total. The summed E-state index contributed by atoms with van der Waals surface area (Å²) in [5, 5.41) is 0. The van der Waals surface area contributed by atoms with E-state index in [2.05, 4.69) is 61.8 Å². The minimum Gasteiger partial charge on any atom is -0.526 e. The van der Waals surface area contributed by atoms with Gasteiger partial charge in [0, 0.05) is 12.2 Å². The Morgan fingerprint density at radius 3 is 2.82 bits per heavy atom. The lowest BCUT2D eigenvalue weighted by Crippen LogP contribution is -2.71. The SMILES string of the molecule is C/C=C/[C@H]1Cc2cccc[n+]2[B-](CC)(CC)O1. The molecule has 0 saturated carbocycles. The van der Waals surface area contributed by atoms with Crippen LogP contribution >= 0.6 is 0 Å². The van der Waals surface area contributed by atoms with E-state index in [1.54, 1.807) is 0 Å². The fourth-order valence-corrected chi connectivity index (χ4v) is 2.97. The Hall–Kier alpha value is -1.09. The van der Waals surface area contributed by atoms with Gasteiger partial charge in [-0.1, -0.05) is 44.7 Å². The van der Waals surface area contributed by atoms with E-state index in [1.165, 1.54) is 5.69 Å². The fourth-order valence-electron chi connectivity index (χ4n) is 2.97. The van der Waals surface area contributed by atoms with Crippen LogP contribution < -0.4 is 4.48 Å². The molecule has 1 aliphatic rings. The van der Waals surface area contributed by atoms with Crippen LogP contribution in [0.5, 0.6) is 0 Å². The van der Waals surface area contributed by atoms with E-state index in [9.17, 15) is 0 Å². The number of aromatic nitrogens is 1. The first kappa shape index (κ1) is 12.4. The Balaban J connectivity index is 2.45. The molecule has 3 heteroatoms. The highest BCUT2D eigenvalue weighted by molar-refractivity contribution is 6.65. The van der Waals surface area contributed by atoms with Gasteiger partial charge in [0.1, 0.15) is 11.9 Å². The maximum Gasteiger partial charge on any atom is 0.405 e. The number of allylic oxidation sites excluding steroid dienone is 1. The van der Waals surface area contributed by atoms with Crippen molar-refractivity contribution in [3.8, 4) is 0 Å². The second-order valence-electron chi connectivity index (χ2n) is 4.91. The van der Waals surface area contributed by atoms with E-state index in [-0.39, 0.29) is 6.10 Å². The summed E-state index contributed by atoms with van der Waals surface area (Å²) in [6.45, 7) is 5.62. The van der Waals surface area contributed by atoms with Crippen LogP contribution in [0.3, 0.4) is 0 Å². The Labute approximate surface area is 104 Å². The molecule has 0 saturated heterocycles. The zero-order valence-corrected chi connectivity index (χ0v) is 11.1. The molecule has 1 aromatic rings. The van der Waals surface area contributed by atoms with Crippen LogP contribution in [-0.4, -0.2) is 12.6 Å². The van der Waals surface area contributed by atoms with Gasteiger partial charge in [-0.15, -0.1) is 0 Å². The van der Waals surface area contributed by atoms with Gasteiger partial charge in [-0.2, -0.15) is 0 Å². The van der Waals surface area contributed by atoms with Gasteiger partial charge in [0.25, 0.3) is 0 Å². The number of pyridine rings is 1. The van der Waals surface area contributed by atoms with Crippen molar-refractivity contribution in [1.29, 1.82) is 0 Å². The van der Waals surface area contributed by atoms with Crippen molar-refractivity contribution in [3.05, 3.63) is 42.2 Å². The molecule has 0 aromatic carbocycles. The normalized spacial score (nSPS) is 22.6. The highest BCUT2D eigenvalue weighted by atomic mass is 16.5. The first-order valence-electron chi connectivity index (χ1n) is 6.74. The lowest BCUT2D eigenvalue weighted by molar-refractivity contribution is -0.580. The highest BCUT2D eigenvalue weighted by Gasteiger charge is 2.41. The summed E-state index contributed by atoms with van der Waals surface area (Å²) >= 11 is 0. The summed E-state index contributed by atoms with van der Waals surface area (Å²) in [4.78, 5) is 0. The molecular weight excluding hydrogens is 209 g/mol. The van der Waals surface area contributed by atoms with E-state index in [4.69, 9.17) is 4.65 Å². The first-order chi connectivity index (χ1) is 8.25. The summed E-state index contributed by atoms with van der Waals surface area (Å²) in [7, 11) is 0. The highest BCUT2D eigenvalue weighted by Crippen LogP contribution is 2.23. The summed E-state index contributed by atoms with van der Waals surface area (Å²) in [5.74, 6) is 0. The van der Waals surface area contributed by atoms with Crippen LogP contribution in [0.25, 0.3) is 0 Å². The number of fused-ring (bicyclic) bond motifs is 1. The molecule has 2 heterocycles. The summed E-state index contributed by atoms with van der Waals surface area (Å²) in [5.41, 5.74) is 1.39. The fraction of sp³-hybridized carbons (Fsp3) is 0.500. The quantitative estimate of drug-likeness (QED) is 0.575. The van der Waals surface area contributed by atoms with Crippen LogP contribution in [0.1, 0.15) is 26.5 Å². The van der Waals surface area contributed by atoms with E-state index >= 15 is 0 Å². The molecule has 0 aliphatic carbocycles. The lowest BCUT2D eigenvalue weighted by Gasteiger charge is -2.41. The van der Waals surface area contributed by atoms with Crippen molar-refractivity contribution < 1.29 is 9.13 Å². The summed E-state index contributed by atoms with van der Waals surface area (Å²) in [6.07, 6.45) is 9.79. The smallest absolute Gasteiger partial charge is 0.405 e.